The number of aromatic nitrogens is 3. The molecule has 0 atom stereocenters. The van der Waals surface area contributed by atoms with E-state index in [-0.39, 0.29) is 17.5 Å². The number of rotatable bonds is 11. The number of ketones is 1. The molecular formula is C25H23ClN6O3S. The van der Waals surface area contributed by atoms with Crippen molar-refractivity contribution in [1.29, 1.82) is 0 Å². The van der Waals surface area contributed by atoms with Gasteiger partial charge in [-0.2, -0.15) is 5.10 Å². The number of halogens is 1. The van der Waals surface area contributed by atoms with Crippen molar-refractivity contribution in [3.05, 3.63) is 94.5 Å². The summed E-state index contributed by atoms with van der Waals surface area (Å²) >= 11 is 7.39. The van der Waals surface area contributed by atoms with Gasteiger partial charge in [0.05, 0.1) is 19.1 Å². The van der Waals surface area contributed by atoms with E-state index in [1.54, 1.807) is 37.6 Å². The van der Waals surface area contributed by atoms with E-state index >= 15 is 0 Å². The van der Waals surface area contributed by atoms with Crippen LogP contribution in [0.25, 0.3) is 0 Å². The number of anilines is 1. The number of hydrogen-bond donors (Lipinski definition) is 2. The van der Waals surface area contributed by atoms with Crippen molar-refractivity contribution < 1.29 is 14.3 Å². The molecule has 4 rings (SSSR count). The molecule has 11 heteroatoms. The van der Waals surface area contributed by atoms with Crippen LogP contribution in [-0.2, 0) is 6.61 Å². The maximum atomic E-state index is 12.4. The largest absolute Gasteiger partial charge is 0.497 e. The van der Waals surface area contributed by atoms with E-state index in [1.807, 2.05) is 48.5 Å². The van der Waals surface area contributed by atoms with Crippen LogP contribution in [0.1, 0.15) is 21.5 Å². The van der Waals surface area contributed by atoms with E-state index in [1.165, 1.54) is 16.4 Å². The molecule has 0 aliphatic rings. The highest BCUT2D eigenvalue weighted by molar-refractivity contribution is 7.99. The van der Waals surface area contributed by atoms with Crippen LogP contribution in [-0.4, -0.2) is 39.7 Å². The fraction of sp³-hybridized carbons (Fsp3) is 0.120. The molecule has 0 radical (unpaired) electrons. The highest BCUT2D eigenvalue weighted by atomic mass is 35.5. The first-order valence-corrected chi connectivity index (χ1v) is 12.2. The molecule has 0 aliphatic carbocycles. The predicted octanol–water partition coefficient (Wildman–Crippen LogP) is 4.65. The Morgan fingerprint density at radius 3 is 2.64 bits per heavy atom. The van der Waals surface area contributed by atoms with Crippen LogP contribution in [0.3, 0.4) is 0 Å². The molecule has 184 valence electrons. The number of Topliss-reactive ketones (excluding diaryl/α,β-unsaturated/α-hetero) is 1. The normalized spacial score (nSPS) is 10.9. The molecule has 9 nitrogen and oxygen atoms in total. The van der Waals surface area contributed by atoms with Crippen LogP contribution in [0.2, 0.25) is 5.02 Å². The molecule has 4 aromatic rings. The fourth-order valence-corrected chi connectivity index (χ4v) is 4.03. The molecule has 1 heterocycles. The summed E-state index contributed by atoms with van der Waals surface area (Å²) < 4.78 is 12.3. The first-order valence-electron chi connectivity index (χ1n) is 10.8. The number of hydrogen-bond acceptors (Lipinski definition) is 9. The molecule has 0 bridgehead atoms. The van der Waals surface area contributed by atoms with Crippen molar-refractivity contribution in [2.24, 2.45) is 5.10 Å². The van der Waals surface area contributed by atoms with Gasteiger partial charge in [0.25, 0.3) is 5.95 Å². The third-order valence-electron chi connectivity index (χ3n) is 5.04. The van der Waals surface area contributed by atoms with E-state index in [9.17, 15) is 4.79 Å². The first-order chi connectivity index (χ1) is 17.5. The van der Waals surface area contributed by atoms with Crippen molar-refractivity contribution in [2.75, 3.05) is 24.1 Å². The first kappa shape index (κ1) is 25.1. The number of benzene rings is 3. The molecule has 1 aromatic heterocycles. The van der Waals surface area contributed by atoms with Gasteiger partial charge in [0.2, 0.25) is 5.16 Å². The quantitative estimate of drug-likeness (QED) is 0.0960. The molecule has 0 saturated heterocycles. The van der Waals surface area contributed by atoms with E-state index in [0.717, 1.165) is 11.1 Å². The summed E-state index contributed by atoms with van der Waals surface area (Å²) in [4.78, 5) is 12.4. The Morgan fingerprint density at radius 2 is 1.86 bits per heavy atom. The molecular weight excluding hydrogens is 500 g/mol. The summed E-state index contributed by atoms with van der Waals surface area (Å²) in [6.45, 7) is 0.324. The summed E-state index contributed by atoms with van der Waals surface area (Å²) in [5, 5.41) is 13.2. The zero-order valence-corrected chi connectivity index (χ0v) is 20.9. The van der Waals surface area contributed by atoms with Crippen molar-refractivity contribution in [1.82, 2.24) is 14.9 Å². The van der Waals surface area contributed by atoms with Gasteiger partial charge in [-0.1, -0.05) is 53.7 Å². The van der Waals surface area contributed by atoms with E-state index in [0.29, 0.717) is 33.8 Å². The lowest BCUT2D eigenvalue weighted by Gasteiger charge is -2.10. The Hall–Kier alpha value is -4.02. The molecule has 0 spiro atoms. The topological polar surface area (TPSA) is 117 Å². The molecule has 0 saturated carbocycles. The lowest BCUT2D eigenvalue weighted by molar-refractivity contribution is 0.102. The minimum absolute atomic E-state index is 0.0634. The van der Waals surface area contributed by atoms with Crippen LogP contribution in [0, 0.1) is 0 Å². The molecule has 0 unspecified atom stereocenters. The summed E-state index contributed by atoms with van der Waals surface area (Å²) in [6.07, 6.45) is 1.59. The third kappa shape index (κ3) is 6.35. The molecule has 3 N–H and O–H groups in total. The average molecular weight is 523 g/mol. The predicted molar refractivity (Wildman–Crippen MR) is 142 cm³/mol. The molecule has 3 aromatic carbocycles. The van der Waals surface area contributed by atoms with Crippen LogP contribution in [0.15, 0.2) is 83.1 Å². The highest BCUT2D eigenvalue weighted by Gasteiger charge is 2.13. The van der Waals surface area contributed by atoms with Crippen LogP contribution < -0.4 is 20.7 Å². The van der Waals surface area contributed by atoms with Crippen LogP contribution >= 0.6 is 23.4 Å². The number of ether oxygens (including phenoxy) is 2. The van der Waals surface area contributed by atoms with E-state index < -0.39 is 0 Å². The number of carbonyl (C=O) groups excluding carboxylic acids is 1. The van der Waals surface area contributed by atoms with Crippen molar-refractivity contribution in [3.8, 4) is 11.5 Å². The summed E-state index contributed by atoms with van der Waals surface area (Å²) in [5.74, 6) is 7.71. The number of nitrogens with two attached hydrogens (primary N) is 1. The van der Waals surface area contributed by atoms with Gasteiger partial charge >= 0.3 is 0 Å². The van der Waals surface area contributed by atoms with Gasteiger partial charge in [-0.25, -0.2) is 10.1 Å². The van der Waals surface area contributed by atoms with Crippen molar-refractivity contribution >= 4 is 41.3 Å². The molecule has 0 aliphatic heterocycles. The minimum Gasteiger partial charge on any atom is -0.497 e. The second-order valence-electron chi connectivity index (χ2n) is 7.40. The monoisotopic (exact) mass is 522 g/mol. The van der Waals surface area contributed by atoms with Gasteiger partial charge in [-0.05, 0) is 42.5 Å². The molecule has 0 fully saturated rings. The number of nitrogen functional groups attached to an aromatic ring is 1. The van der Waals surface area contributed by atoms with Crippen molar-refractivity contribution in [3.63, 3.8) is 0 Å². The van der Waals surface area contributed by atoms with Gasteiger partial charge in [-0.15, -0.1) is 10.2 Å². The Labute approximate surface area is 217 Å². The third-order valence-corrected chi connectivity index (χ3v) is 6.35. The molecule has 0 amide bonds. The SMILES string of the molecule is COc1ccc(C(=O)CSc2nnc(N/N=C/c3ccccc3OCc3ccccc3Cl)n2N)cc1. The lowest BCUT2D eigenvalue weighted by Crippen LogP contribution is -2.14. The van der Waals surface area contributed by atoms with Crippen LogP contribution in [0.5, 0.6) is 11.5 Å². The zero-order chi connectivity index (χ0) is 25.3. The zero-order valence-electron chi connectivity index (χ0n) is 19.3. The van der Waals surface area contributed by atoms with Gasteiger partial charge in [-0.3, -0.25) is 4.79 Å². The fourth-order valence-electron chi connectivity index (χ4n) is 3.09. The Bertz CT molecular complexity index is 1360. The Morgan fingerprint density at radius 1 is 1.11 bits per heavy atom. The van der Waals surface area contributed by atoms with Gasteiger partial charge in [0.1, 0.15) is 18.1 Å². The van der Waals surface area contributed by atoms with Gasteiger partial charge in [0.15, 0.2) is 5.78 Å². The maximum absolute atomic E-state index is 12.4. The second kappa shape index (κ2) is 12.1. The van der Waals surface area contributed by atoms with E-state index in [4.69, 9.17) is 26.9 Å². The highest BCUT2D eigenvalue weighted by Crippen LogP contribution is 2.22. The second-order valence-corrected chi connectivity index (χ2v) is 8.75. The average Bonchev–Trinajstić information content (AvgIpc) is 3.26. The van der Waals surface area contributed by atoms with Crippen molar-refractivity contribution in [2.45, 2.75) is 11.8 Å². The number of hydrazone groups is 1. The van der Waals surface area contributed by atoms with Crippen LogP contribution in [0.4, 0.5) is 5.95 Å². The summed E-state index contributed by atoms with van der Waals surface area (Å²) in [5.41, 5.74) is 4.98. The molecule has 36 heavy (non-hydrogen) atoms. The van der Waals surface area contributed by atoms with Gasteiger partial charge in [0, 0.05) is 21.7 Å². The van der Waals surface area contributed by atoms with Gasteiger partial charge < -0.3 is 15.3 Å². The number of carbonyl (C=O) groups is 1. The van der Waals surface area contributed by atoms with E-state index in [2.05, 4.69) is 20.7 Å². The number of nitrogens with zero attached hydrogens (tertiary/aromatic N) is 4. The number of thioether (sulfide) groups is 1. The Balaban J connectivity index is 1.34. The number of para-hydroxylation sites is 1. The smallest absolute Gasteiger partial charge is 0.264 e. The Kier molecular flexibility index (Phi) is 8.43. The minimum atomic E-state index is -0.0634. The summed E-state index contributed by atoms with van der Waals surface area (Å²) in [6, 6.07) is 21.9. The lowest BCUT2D eigenvalue weighted by atomic mass is 10.1. The number of nitrogens with one attached hydrogen (secondary N) is 1. The number of methoxy groups -OCH3 is 1. The standard InChI is InChI=1S/C25H23ClN6O3S/c1-34-20-12-10-17(11-13-20)22(33)16-36-25-31-30-24(32(25)27)29-28-14-18-6-3-5-9-23(18)35-15-19-7-2-4-8-21(19)26/h2-14H,15-16,27H2,1H3,(H,29,30)/b28-14+. The maximum Gasteiger partial charge on any atom is 0.264 e. The summed E-state index contributed by atoms with van der Waals surface area (Å²) in [7, 11) is 1.57.